The highest BCUT2D eigenvalue weighted by molar-refractivity contribution is 5.76. The van der Waals surface area contributed by atoms with E-state index in [1.807, 2.05) is 18.7 Å². The summed E-state index contributed by atoms with van der Waals surface area (Å²) in [6, 6.07) is 0. The summed E-state index contributed by atoms with van der Waals surface area (Å²) in [5, 5.41) is 4.33. The second-order valence-corrected chi connectivity index (χ2v) is 5.72. The number of aryl methyl sites for hydroxylation is 1. The number of amides is 1. The average molecular weight is 294 g/mol. The maximum absolute atomic E-state index is 12.4. The van der Waals surface area contributed by atoms with E-state index >= 15 is 0 Å². The predicted octanol–water partition coefficient (Wildman–Crippen LogP) is 1.50. The molecule has 1 unspecified atom stereocenters. The lowest BCUT2D eigenvalue weighted by Crippen LogP contribution is -2.44. The fourth-order valence-electron chi connectivity index (χ4n) is 2.68. The zero-order valence-corrected chi connectivity index (χ0v) is 13.3. The van der Waals surface area contributed by atoms with Crippen LogP contribution in [0.25, 0.3) is 0 Å². The van der Waals surface area contributed by atoms with Crippen LogP contribution in [0, 0.1) is 13.8 Å². The molecule has 1 aliphatic rings. The molecule has 2 rings (SSSR count). The minimum atomic E-state index is 0.0883. The number of nitrogens with two attached hydrogens (primary N) is 1. The van der Waals surface area contributed by atoms with Crippen LogP contribution < -0.4 is 5.73 Å². The van der Waals surface area contributed by atoms with E-state index in [4.69, 9.17) is 10.5 Å². The van der Waals surface area contributed by atoms with Gasteiger partial charge >= 0.3 is 0 Å². The highest BCUT2D eigenvalue weighted by atomic mass is 16.5. The van der Waals surface area contributed by atoms with Gasteiger partial charge in [0.1, 0.15) is 6.54 Å². The standard InChI is InChI=1S/C15H26N4O2/c1-4-8-21-13-6-5-7-18(9-13)14(20)10-19-12(3)15(16)11(2)17-19/h13H,4-10,16H2,1-3H3. The van der Waals surface area contributed by atoms with E-state index in [1.54, 1.807) is 4.68 Å². The summed E-state index contributed by atoms with van der Waals surface area (Å²) >= 11 is 0. The van der Waals surface area contributed by atoms with Crippen molar-refractivity contribution in [2.45, 2.75) is 52.7 Å². The fourth-order valence-corrected chi connectivity index (χ4v) is 2.68. The monoisotopic (exact) mass is 294 g/mol. The van der Waals surface area contributed by atoms with Crippen molar-refractivity contribution in [1.29, 1.82) is 0 Å². The molecular weight excluding hydrogens is 268 g/mol. The van der Waals surface area contributed by atoms with E-state index in [9.17, 15) is 4.79 Å². The first-order valence-electron chi connectivity index (χ1n) is 7.71. The van der Waals surface area contributed by atoms with Crippen molar-refractivity contribution < 1.29 is 9.53 Å². The van der Waals surface area contributed by atoms with Gasteiger partial charge in [-0.25, -0.2) is 0 Å². The molecule has 118 valence electrons. The number of carbonyl (C=O) groups excluding carboxylic acids is 1. The summed E-state index contributed by atoms with van der Waals surface area (Å²) < 4.78 is 7.47. The third kappa shape index (κ3) is 3.75. The molecule has 2 heterocycles. The van der Waals surface area contributed by atoms with Gasteiger partial charge in [-0.2, -0.15) is 5.10 Å². The molecule has 21 heavy (non-hydrogen) atoms. The second kappa shape index (κ2) is 6.93. The highest BCUT2D eigenvalue weighted by Crippen LogP contribution is 2.17. The van der Waals surface area contributed by atoms with Crippen LogP contribution in [0.1, 0.15) is 37.6 Å². The summed E-state index contributed by atoms with van der Waals surface area (Å²) in [5.41, 5.74) is 8.22. The number of rotatable bonds is 5. The normalized spacial score (nSPS) is 19.0. The Balaban J connectivity index is 1.94. The van der Waals surface area contributed by atoms with E-state index < -0.39 is 0 Å². The molecule has 1 aromatic heterocycles. The smallest absolute Gasteiger partial charge is 0.244 e. The first-order valence-corrected chi connectivity index (χ1v) is 7.71. The van der Waals surface area contributed by atoms with Gasteiger partial charge in [-0.3, -0.25) is 9.48 Å². The number of hydrogen-bond acceptors (Lipinski definition) is 4. The number of anilines is 1. The van der Waals surface area contributed by atoms with Crippen molar-refractivity contribution in [1.82, 2.24) is 14.7 Å². The largest absolute Gasteiger partial charge is 0.396 e. The summed E-state index contributed by atoms with van der Waals surface area (Å²) in [4.78, 5) is 14.3. The van der Waals surface area contributed by atoms with Crippen molar-refractivity contribution in [3.8, 4) is 0 Å². The molecule has 1 aliphatic heterocycles. The molecule has 6 heteroatoms. The number of hydrogen-bond donors (Lipinski definition) is 1. The van der Waals surface area contributed by atoms with E-state index in [0.717, 1.165) is 43.8 Å². The van der Waals surface area contributed by atoms with Gasteiger partial charge in [0, 0.05) is 19.7 Å². The SMILES string of the molecule is CCCOC1CCCN(C(=O)Cn2nc(C)c(N)c2C)C1. The Kier molecular flexibility index (Phi) is 5.22. The van der Waals surface area contributed by atoms with Crippen molar-refractivity contribution in [2.75, 3.05) is 25.4 Å². The molecule has 1 aromatic rings. The van der Waals surface area contributed by atoms with Crippen molar-refractivity contribution >= 4 is 11.6 Å². The topological polar surface area (TPSA) is 73.4 Å². The van der Waals surface area contributed by atoms with Crippen molar-refractivity contribution in [3.63, 3.8) is 0 Å². The fraction of sp³-hybridized carbons (Fsp3) is 0.733. The van der Waals surface area contributed by atoms with E-state index in [2.05, 4.69) is 12.0 Å². The zero-order valence-electron chi connectivity index (χ0n) is 13.3. The van der Waals surface area contributed by atoms with Crippen molar-refractivity contribution in [2.24, 2.45) is 0 Å². The van der Waals surface area contributed by atoms with Gasteiger partial charge in [0.15, 0.2) is 0 Å². The molecular formula is C15H26N4O2. The van der Waals surface area contributed by atoms with Crippen LogP contribution in [-0.2, 0) is 16.1 Å². The number of likely N-dealkylation sites (tertiary alicyclic amines) is 1. The lowest BCUT2D eigenvalue weighted by atomic mass is 10.1. The van der Waals surface area contributed by atoms with Gasteiger partial charge < -0.3 is 15.4 Å². The van der Waals surface area contributed by atoms with E-state index in [-0.39, 0.29) is 18.6 Å². The van der Waals surface area contributed by atoms with Gasteiger partial charge in [-0.15, -0.1) is 0 Å². The van der Waals surface area contributed by atoms with Crippen LogP contribution in [-0.4, -0.2) is 46.4 Å². The highest BCUT2D eigenvalue weighted by Gasteiger charge is 2.24. The summed E-state index contributed by atoms with van der Waals surface area (Å²) in [6.07, 6.45) is 3.22. The molecule has 0 bridgehead atoms. The minimum Gasteiger partial charge on any atom is -0.396 e. The Morgan fingerprint density at radius 3 is 2.86 bits per heavy atom. The zero-order chi connectivity index (χ0) is 15.4. The molecule has 0 spiro atoms. The molecule has 1 fully saturated rings. The van der Waals surface area contributed by atoms with Crippen LogP contribution in [0.4, 0.5) is 5.69 Å². The molecule has 1 saturated heterocycles. The number of nitrogen functional groups attached to an aromatic ring is 1. The number of carbonyl (C=O) groups is 1. The molecule has 0 aliphatic carbocycles. The molecule has 2 N–H and O–H groups in total. The Labute approximate surface area is 126 Å². The van der Waals surface area contributed by atoms with E-state index in [0.29, 0.717) is 12.2 Å². The summed E-state index contributed by atoms with van der Waals surface area (Å²) in [6.45, 7) is 8.36. The van der Waals surface area contributed by atoms with Crippen molar-refractivity contribution in [3.05, 3.63) is 11.4 Å². The molecule has 0 aromatic carbocycles. The van der Waals surface area contributed by atoms with Gasteiger partial charge in [0.2, 0.25) is 5.91 Å². The molecule has 0 radical (unpaired) electrons. The second-order valence-electron chi connectivity index (χ2n) is 5.72. The van der Waals surface area contributed by atoms with Crippen LogP contribution in [0.3, 0.4) is 0 Å². The molecule has 0 saturated carbocycles. The quantitative estimate of drug-likeness (QED) is 0.893. The van der Waals surface area contributed by atoms with E-state index in [1.165, 1.54) is 0 Å². The molecule has 1 amide bonds. The van der Waals surface area contributed by atoms with Crippen LogP contribution in [0.2, 0.25) is 0 Å². The third-order valence-electron chi connectivity index (χ3n) is 4.01. The van der Waals surface area contributed by atoms with Gasteiger partial charge in [0.05, 0.1) is 23.2 Å². The Bertz CT molecular complexity index is 498. The van der Waals surface area contributed by atoms with Gasteiger partial charge in [0.25, 0.3) is 0 Å². The van der Waals surface area contributed by atoms with Crippen LogP contribution in [0.5, 0.6) is 0 Å². The third-order valence-corrected chi connectivity index (χ3v) is 4.01. The Morgan fingerprint density at radius 2 is 2.24 bits per heavy atom. The van der Waals surface area contributed by atoms with Crippen LogP contribution >= 0.6 is 0 Å². The average Bonchev–Trinajstić information content (AvgIpc) is 2.72. The summed E-state index contributed by atoms with van der Waals surface area (Å²) in [7, 11) is 0. The lowest BCUT2D eigenvalue weighted by Gasteiger charge is -2.32. The molecule has 1 atom stereocenters. The Hall–Kier alpha value is -1.56. The van der Waals surface area contributed by atoms with Gasteiger partial charge in [-0.1, -0.05) is 6.92 Å². The summed E-state index contributed by atoms with van der Waals surface area (Å²) in [5.74, 6) is 0.0883. The number of nitrogens with zero attached hydrogens (tertiary/aromatic N) is 3. The number of ether oxygens (including phenoxy) is 1. The van der Waals surface area contributed by atoms with Gasteiger partial charge in [-0.05, 0) is 33.1 Å². The number of piperidine rings is 1. The van der Waals surface area contributed by atoms with Crippen LogP contribution in [0.15, 0.2) is 0 Å². The minimum absolute atomic E-state index is 0.0883. The predicted molar refractivity (Wildman–Crippen MR) is 82.0 cm³/mol. The maximum Gasteiger partial charge on any atom is 0.244 e. The molecule has 6 nitrogen and oxygen atoms in total. The lowest BCUT2D eigenvalue weighted by molar-refractivity contribution is -0.136. The Morgan fingerprint density at radius 1 is 1.48 bits per heavy atom. The first kappa shape index (κ1) is 15.8. The maximum atomic E-state index is 12.4. The first-order chi connectivity index (χ1) is 10.0. The number of aromatic nitrogens is 2.